The Morgan fingerprint density at radius 3 is 2.17 bits per heavy atom. The molecule has 2 N–H and O–H groups in total. The number of carboxylic acid groups (broad SMARTS) is 1. The molecule has 3 aromatic rings. The number of carboxylic acids is 1. The van der Waals surface area contributed by atoms with Crippen LogP contribution >= 0.6 is 0 Å². The highest BCUT2D eigenvalue weighted by molar-refractivity contribution is 7.89. The maximum atomic E-state index is 14.3. The second-order valence-corrected chi connectivity index (χ2v) is 12.5. The number of carbonyl (C=O) groups excluding carboxylic acids is 1. The summed E-state index contributed by atoms with van der Waals surface area (Å²) in [6.07, 6.45) is -1.37. The molecule has 0 unspecified atom stereocenters. The summed E-state index contributed by atoms with van der Waals surface area (Å²) in [5, 5.41) is 31.5. The summed E-state index contributed by atoms with van der Waals surface area (Å²) in [5.74, 6) is -2.06. The molecule has 0 saturated carbocycles. The van der Waals surface area contributed by atoms with Gasteiger partial charge in [-0.1, -0.05) is 44.2 Å². The zero-order chi connectivity index (χ0) is 29.0. The number of aliphatic carboxylic acids is 1. The van der Waals surface area contributed by atoms with E-state index >= 15 is 0 Å². The van der Waals surface area contributed by atoms with Gasteiger partial charge in [0.2, 0.25) is 10.0 Å². The summed E-state index contributed by atoms with van der Waals surface area (Å²) in [5.41, 5.74) is 3.01. The van der Waals surface area contributed by atoms with Gasteiger partial charge in [-0.05, 0) is 67.0 Å². The Kier molecular flexibility index (Phi) is 9.45. The molecule has 2 aromatic carbocycles. The Labute approximate surface area is 234 Å². The number of hydrogen-bond donors (Lipinski definition) is 2. The van der Waals surface area contributed by atoms with E-state index in [-0.39, 0.29) is 30.2 Å². The van der Waals surface area contributed by atoms with Gasteiger partial charge in [-0.15, -0.1) is 0 Å². The minimum absolute atomic E-state index is 0.129. The van der Waals surface area contributed by atoms with Gasteiger partial charge in [-0.2, -0.15) is 4.31 Å². The minimum Gasteiger partial charge on any atom is -0.550 e. The zero-order valence-corrected chi connectivity index (χ0v) is 23.6. The predicted molar refractivity (Wildman–Crippen MR) is 148 cm³/mol. The van der Waals surface area contributed by atoms with Gasteiger partial charge in [0.25, 0.3) is 0 Å². The lowest BCUT2D eigenvalue weighted by molar-refractivity contribution is -0.307. The lowest BCUT2D eigenvalue weighted by atomic mass is 10.0. The number of hydrogen-bond acceptors (Lipinski definition) is 6. The molecule has 2 atom stereocenters. The molecule has 0 amide bonds. The van der Waals surface area contributed by atoms with Crippen LogP contribution in [0.2, 0.25) is 0 Å². The molecule has 8 nitrogen and oxygen atoms in total. The quantitative estimate of drug-likeness (QED) is 0.343. The van der Waals surface area contributed by atoms with Crippen molar-refractivity contribution in [2.75, 3.05) is 13.1 Å². The van der Waals surface area contributed by atoms with Gasteiger partial charge in [-0.25, -0.2) is 12.8 Å². The van der Waals surface area contributed by atoms with Crippen molar-refractivity contribution < 1.29 is 32.9 Å². The van der Waals surface area contributed by atoms with Gasteiger partial charge in [0.15, 0.2) is 0 Å². The van der Waals surface area contributed by atoms with Gasteiger partial charge < -0.3 is 24.7 Å². The number of halogens is 1. The fourth-order valence-corrected chi connectivity index (χ4v) is 7.58. The molecule has 0 bridgehead atoms. The highest BCUT2D eigenvalue weighted by Gasteiger charge is 2.38. The molecule has 2 heterocycles. The first-order valence-electron chi connectivity index (χ1n) is 13.6. The van der Waals surface area contributed by atoms with Crippen molar-refractivity contribution >= 4 is 16.0 Å². The lowest BCUT2D eigenvalue weighted by Crippen LogP contribution is -2.30. The molecular weight excluding hydrogens is 535 g/mol. The van der Waals surface area contributed by atoms with Gasteiger partial charge >= 0.3 is 0 Å². The van der Waals surface area contributed by atoms with Crippen molar-refractivity contribution in [2.24, 2.45) is 0 Å². The average molecular weight is 572 g/mol. The van der Waals surface area contributed by atoms with E-state index < -0.39 is 40.4 Å². The van der Waals surface area contributed by atoms with Gasteiger partial charge in [0.1, 0.15) is 10.7 Å². The number of benzene rings is 2. The molecule has 1 aliphatic heterocycles. The monoisotopic (exact) mass is 571 g/mol. The number of aliphatic hydroxyl groups is 2. The molecule has 0 spiro atoms. The highest BCUT2D eigenvalue weighted by atomic mass is 32.2. The molecule has 0 aliphatic carbocycles. The van der Waals surface area contributed by atoms with Crippen LogP contribution in [0.15, 0.2) is 59.5 Å². The number of nitrogens with zero attached hydrogens (tertiary/aromatic N) is 2. The number of sulfonamides is 1. The van der Waals surface area contributed by atoms with E-state index in [9.17, 15) is 32.9 Å². The van der Waals surface area contributed by atoms with Crippen molar-refractivity contribution in [2.45, 2.75) is 75.5 Å². The minimum atomic E-state index is -3.92. The molecule has 1 aromatic heterocycles. The zero-order valence-electron chi connectivity index (χ0n) is 22.8. The molecular formula is C30H36FN2O6S-. The van der Waals surface area contributed by atoms with E-state index in [2.05, 4.69) is 0 Å². The number of aliphatic hydroxyl groups excluding tert-OH is 2. The van der Waals surface area contributed by atoms with Crippen molar-refractivity contribution in [3.8, 4) is 22.4 Å². The van der Waals surface area contributed by atoms with Crippen LogP contribution in [0.25, 0.3) is 22.4 Å². The molecule has 10 heteroatoms. The van der Waals surface area contributed by atoms with E-state index in [1.807, 2.05) is 48.7 Å². The summed E-state index contributed by atoms with van der Waals surface area (Å²) < 4.78 is 46.0. The third-order valence-electron chi connectivity index (χ3n) is 7.28. The van der Waals surface area contributed by atoms with E-state index in [1.165, 1.54) is 16.4 Å². The van der Waals surface area contributed by atoms with Gasteiger partial charge in [-0.3, -0.25) is 0 Å². The molecule has 216 valence electrons. The van der Waals surface area contributed by atoms with Crippen LogP contribution in [0.1, 0.15) is 57.6 Å². The van der Waals surface area contributed by atoms with Crippen LogP contribution in [0.5, 0.6) is 0 Å². The van der Waals surface area contributed by atoms with Crippen LogP contribution in [-0.4, -0.2) is 58.8 Å². The Bertz CT molecular complexity index is 1410. The third-order valence-corrected chi connectivity index (χ3v) is 9.25. The molecule has 40 heavy (non-hydrogen) atoms. The first kappa shape index (κ1) is 29.9. The maximum absolute atomic E-state index is 14.3. The smallest absolute Gasteiger partial charge is 0.245 e. The molecule has 1 saturated heterocycles. The molecule has 1 fully saturated rings. The average Bonchev–Trinajstić information content (AvgIpc) is 3.56. The SMILES string of the molecule is CC(C)c1c(S(=O)(=O)N2CCCC2)c(-c2ccccc2)c(-c2ccc(F)cc2)n1CC[C@@H](O)C[C@@H](O)CC(=O)[O-]. The van der Waals surface area contributed by atoms with Crippen LogP contribution in [0, 0.1) is 5.82 Å². The maximum Gasteiger partial charge on any atom is 0.245 e. The summed E-state index contributed by atoms with van der Waals surface area (Å²) in [4.78, 5) is 11.1. The van der Waals surface area contributed by atoms with Gasteiger partial charge in [0, 0.05) is 43.3 Å². The molecule has 1 aliphatic rings. The van der Waals surface area contributed by atoms with Crippen molar-refractivity contribution in [1.29, 1.82) is 0 Å². The second kappa shape index (κ2) is 12.6. The fraction of sp³-hybridized carbons (Fsp3) is 0.433. The first-order chi connectivity index (χ1) is 19.0. The Hall–Kier alpha value is -3.05. The van der Waals surface area contributed by atoms with E-state index in [4.69, 9.17) is 0 Å². The number of carbonyl (C=O) groups is 1. The Morgan fingerprint density at radius 1 is 0.975 bits per heavy atom. The van der Waals surface area contributed by atoms with E-state index in [1.54, 1.807) is 12.1 Å². The number of rotatable bonds is 12. The van der Waals surface area contributed by atoms with Crippen LogP contribution in [-0.2, 0) is 21.4 Å². The second-order valence-electron chi connectivity index (χ2n) is 10.6. The fourth-order valence-electron chi connectivity index (χ4n) is 5.50. The van der Waals surface area contributed by atoms with Crippen molar-refractivity contribution in [3.63, 3.8) is 0 Å². The van der Waals surface area contributed by atoms with Gasteiger partial charge in [0.05, 0.1) is 17.9 Å². The third kappa shape index (κ3) is 6.46. The van der Waals surface area contributed by atoms with Crippen LogP contribution in [0.3, 0.4) is 0 Å². The molecule has 0 radical (unpaired) electrons. The van der Waals surface area contributed by atoms with E-state index in [0.717, 1.165) is 12.8 Å². The lowest BCUT2D eigenvalue weighted by Gasteiger charge is -2.21. The number of aromatic nitrogens is 1. The largest absolute Gasteiger partial charge is 0.550 e. The van der Waals surface area contributed by atoms with Crippen LogP contribution in [0.4, 0.5) is 4.39 Å². The summed E-state index contributed by atoms with van der Waals surface area (Å²) in [7, 11) is -3.92. The van der Waals surface area contributed by atoms with Crippen LogP contribution < -0.4 is 5.11 Å². The summed E-state index contributed by atoms with van der Waals surface area (Å²) in [6.45, 7) is 4.88. The summed E-state index contributed by atoms with van der Waals surface area (Å²) >= 11 is 0. The first-order valence-corrected chi connectivity index (χ1v) is 15.1. The molecule has 4 rings (SSSR count). The van der Waals surface area contributed by atoms with Crippen molar-refractivity contribution in [1.82, 2.24) is 8.87 Å². The summed E-state index contributed by atoms with van der Waals surface area (Å²) in [6, 6.07) is 15.1. The predicted octanol–water partition coefficient (Wildman–Crippen LogP) is 3.51. The Balaban J connectivity index is 1.94. The van der Waals surface area contributed by atoms with E-state index in [0.29, 0.717) is 41.2 Å². The highest BCUT2D eigenvalue weighted by Crippen LogP contribution is 2.45. The standard InChI is InChI=1S/C30H37FN2O6S/c1-20(2)28-30(40(38,39)32-15-6-7-16-32)27(21-8-4-3-5-9-21)29(22-10-12-23(31)13-11-22)33(28)17-14-24(34)18-25(35)19-26(36)37/h3-5,8-13,20,24-25,34-35H,6-7,14-19H2,1-2H3,(H,36,37)/p-1/t24-,25-/m1/s1. The Morgan fingerprint density at radius 2 is 1.60 bits per heavy atom. The topological polar surface area (TPSA) is 123 Å². The normalized spacial score (nSPS) is 15.9. The van der Waals surface area contributed by atoms with Crippen molar-refractivity contribution in [3.05, 3.63) is 66.1 Å².